The minimum atomic E-state index is -0.250. The number of nitrogens with one attached hydrogen (secondary N) is 1. The number of rotatable bonds is 0. The normalized spacial score (nSPS) is 7.19. The summed E-state index contributed by atoms with van der Waals surface area (Å²) in [5.74, 6) is 0. The minimum Gasteiger partial charge on any atom is -0.483 e. The smallest absolute Gasteiger partial charge is 0.290 e. The molecule has 5 nitrogen and oxygen atoms in total. The third-order valence-electron chi connectivity index (χ3n) is 1.28. The van der Waals surface area contributed by atoms with Crippen LogP contribution in [0.15, 0.2) is 48.9 Å². The average molecular weight is 217 g/mol. The van der Waals surface area contributed by atoms with Crippen LogP contribution in [0.3, 0.4) is 0 Å². The van der Waals surface area contributed by atoms with Gasteiger partial charge in [-0.15, -0.1) is 0 Å². The topological polar surface area (TPSA) is 89.8 Å². The second-order valence-electron chi connectivity index (χ2n) is 2.33. The highest BCUT2D eigenvalue weighted by atomic mass is 16.3. The fourth-order valence-corrected chi connectivity index (χ4v) is 0.712. The van der Waals surface area contributed by atoms with Crippen LogP contribution in [0.25, 0.3) is 0 Å². The van der Waals surface area contributed by atoms with E-state index in [4.69, 9.17) is 15.2 Å². The van der Waals surface area contributed by atoms with E-state index in [9.17, 15) is 0 Å². The van der Waals surface area contributed by atoms with Gasteiger partial charge in [0.1, 0.15) is 11.8 Å². The molecule has 0 spiro atoms. The van der Waals surface area contributed by atoms with Crippen LogP contribution >= 0.6 is 0 Å². The van der Waals surface area contributed by atoms with E-state index in [1.807, 2.05) is 24.3 Å². The fraction of sp³-hybridized carbons (Fsp3) is 0. The highest BCUT2D eigenvalue weighted by Crippen LogP contribution is 1.87. The van der Waals surface area contributed by atoms with Gasteiger partial charge in [0.05, 0.1) is 0 Å². The number of pyridine rings is 1. The Kier molecular flexibility index (Phi) is 8.76. The maximum absolute atomic E-state index is 8.36. The Balaban J connectivity index is 0.000000230. The molecule has 2 rings (SSSR count). The standard InChI is InChI=1S/C5H4N2.C5H5N.CH2O2/c6-4-5-2-1-3-7-5;1-2-4-6-5-3-1;2-1-3/h1-3,7H;1-5H;1H,(H,2,3). The van der Waals surface area contributed by atoms with Gasteiger partial charge in [-0.3, -0.25) is 9.78 Å². The van der Waals surface area contributed by atoms with Gasteiger partial charge in [-0.1, -0.05) is 6.07 Å². The van der Waals surface area contributed by atoms with Crippen LogP contribution in [0.1, 0.15) is 5.69 Å². The number of H-pyrrole nitrogens is 1. The molecule has 0 aliphatic rings. The third kappa shape index (κ3) is 8.01. The molecule has 0 fully saturated rings. The van der Waals surface area contributed by atoms with Crippen LogP contribution in [0, 0.1) is 11.3 Å². The van der Waals surface area contributed by atoms with Crippen molar-refractivity contribution >= 4 is 6.47 Å². The molecule has 0 amide bonds. The monoisotopic (exact) mass is 217 g/mol. The van der Waals surface area contributed by atoms with Crippen molar-refractivity contribution in [3.05, 3.63) is 54.6 Å². The van der Waals surface area contributed by atoms with Crippen LogP contribution in [-0.2, 0) is 4.79 Å². The summed E-state index contributed by atoms with van der Waals surface area (Å²) >= 11 is 0. The SMILES string of the molecule is N#Cc1ccc[nH]1.O=CO.c1ccncc1. The molecule has 2 aromatic heterocycles. The molecule has 0 radical (unpaired) electrons. The molecule has 0 aliphatic heterocycles. The second kappa shape index (κ2) is 10.5. The van der Waals surface area contributed by atoms with Gasteiger partial charge in [0.25, 0.3) is 6.47 Å². The van der Waals surface area contributed by atoms with Gasteiger partial charge < -0.3 is 10.1 Å². The first-order chi connectivity index (χ1) is 7.85. The molecule has 2 N–H and O–H groups in total. The molecule has 0 aromatic carbocycles. The summed E-state index contributed by atoms with van der Waals surface area (Å²) in [5.41, 5.74) is 0.611. The van der Waals surface area contributed by atoms with Crippen molar-refractivity contribution in [2.24, 2.45) is 0 Å². The van der Waals surface area contributed by atoms with E-state index >= 15 is 0 Å². The van der Waals surface area contributed by atoms with Crippen molar-refractivity contribution in [2.45, 2.75) is 0 Å². The number of aromatic amines is 1. The fourth-order valence-electron chi connectivity index (χ4n) is 0.712. The Morgan fingerprint density at radius 2 is 1.94 bits per heavy atom. The third-order valence-corrected chi connectivity index (χ3v) is 1.28. The van der Waals surface area contributed by atoms with Gasteiger partial charge in [-0.2, -0.15) is 5.26 Å². The first-order valence-corrected chi connectivity index (χ1v) is 4.31. The Labute approximate surface area is 93.0 Å². The quantitative estimate of drug-likeness (QED) is 0.657. The summed E-state index contributed by atoms with van der Waals surface area (Å²) in [6.07, 6.45) is 5.22. The summed E-state index contributed by atoms with van der Waals surface area (Å²) in [7, 11) is 0. The molecule has 0 unspecified atom stereocenters. The highest BCUT2D eigenvalue weighted by Gasteiger charge is 1.80. The van der Waals surface area contributed by atoms with E-state index in [1.54, 1.807) is 30.7 Å². The van der Waals surface area contributed by atoms with Crippen molar-refractivity contribution in [3.8, 4) is 6.07 Å². The van der Waals surface area contributed by atoms with E-state index in [-0.39, 0.29) is 6.47 Å². The van der Waals surface area contributed by atoms with Crippen molar-refractivity contribution in [1.82, 2.24) is 9.97 Å². The molecule has 5 heteroatoms. The zero-order chi connectivity index (χ0) is 12.1. The maximum atomic E-state index is 8.36. The summed E-state index contributed by atoms with van der Waals surface area (Å²) in [4.78, 5) is 14.9. The largest absolute Gasteiger partial charge is 0.483 e. The molecule has 0 saturated carbocycles. The van der Waals surface area contributed by atoms with Gasteiger partial charge in [0, 0.05) is 18.6 Å². The van der Waals surface area contributed by atoms with E-state index in [0.29, 0.717) is 5.69 Å². The maximum Gasteiger partial charge on any atom is 0.290 e. The number of aromatic nitrogens is 2. The zero-order valence-corrected chi connectivity index (χ0v) is 8.45. The van der Waals surface area contributed by atoms with Crippen LogP contribution < -0.4 is 0 Å². The lowest BCUT2D eigenvalue weighted by molar-refractivity contribution is -0.122. The molecule has 2 heterocycles. The Morgan fingerprint density at radius 3 is 2.12 bits per heavy atom. The van der Waals surface area contributed by atoms with Gasteiger partial charge in [-0.25, -0.2) is 0 Å². The van der Waals surface area contributed by atoms with E-state index in [2.05, 4.69) is 9.97 Å². The molecule has 0 atom stereocenters. The van der Waals surface area contributed by atoms with Crippen molar-refractivity contribution < 1.29 is 9.90 Å². The Hall–Kier alpha value is -2.61. The van der Waals surface area contributed by atoms with Crippen molar-refractivity contribution in [1.29, 1.82) is 5.26 Å². The average Bonchev–Trinajstić information content (AvgIpc) is 2.86. The van der Waals surface area contributed by atoms with Gasteiger partial charge >= 0.3 is 0 Å². The van der Waals surface area contributed by atoms with Crippen LogP contribution in [-0.4, -0.2) is 21.5 Å². The number of hydrogen-bond donors (Lipinski definition) is 2. The van der Waals surface area contributed by atoms with E-state index < -0.39 is 0 Å². The van der Waals surface area contributed by atoms with Crippen molar-refractivity contribution in [3.63, 3.8) is 0 Å². The number of nitrogens with zero attached hydrogens (tertiary/aromatic N) is 2. The van der Waals surface area contributed by atoms with Crippen LogP contribution in [0.2, 0.25) is 0 Å². The molecule has 0 saturated heterocycles. The number of hydrogen-bond acceptors (Lipinski definition) is 3. The highest BCUT2D eigenvalue weighted by molar-refractivity contribution is 5.32. The summed E-state index contributed by atoms with van der Waals surface area (Å²) in [6.45, 7) is -0.250. The molecular weight excluding hydrogens is 206 g/mol. The van der Waals surface area contributed by atoms with Crippen LogP contribution in [0.5, 0.6) is 0 Å². The lowest BCUT2D eigenvalue weighted by Crippen LogP contribution is -1.64. The van der Waals surface area contributed by atoms with Gasteiger partial charge in [0.15, 0.2) is 0 Å². The van der Waals surface area contributed by atoms with E-state index in [0.717, 1.165) is 0 Å². The zero-order valence-electron chi connectivity index (χ0n) is 8.45. The molecule has 0 aliphatic carbocycles. The minimum absolute atomic E-state index is 0.250. The first-order valence-electron chi connectivity index (χ1n) is 4.31. The first kappa shape index (κ1) is 13.4. The van der Waals surface area contributed by atoms with E-state index in [1.165, 1.54) is 0 Å². The summed E-state index contributed by atoms with van der Waals surface area (Å²) < 4.78 is 0. The predicted molar refractivity (Wildman–Crippen MR) is 58.4 cm³/mol. The van der Waals surface area contributed by atoms with Crippen LogP contribution in [0.4, 0.5) is 0 Å². The Morgan fingerprint density at radius 1 is 1.31 bits per heavy atom. The molecular formula is C11H11N3O2. The molecule has 82 valence electrons. The lowest BCUT2D eigenvalue weighted by atomic mass is 10.5. The predicted octanol–water partition coefficient (Wildman–Crippen LogP) is 1.67. The molecule has 2 aromatic rings. The number of nitriles is 1. The van der Waals surface area contributed by atoms with Gasteiger partial charge in [0.2, 0.25) is 0 Å². The summed E-state index contributed by atoms with van der Waals surface area (Å²) in [5, 5.41) is 15.0. The number of carbonyl (C=O) groups is 1. The second-order valence-corrected chi connectivity index (χ2v) is 2.33. The lowest BCUT2D eigenvalue weighted by Gasteiger charge is -1.70. The molecule has 16 heavy (non-hydrogen) atoms. The molecule has 0 bridgehead atoms. The van der Waals surface area contributed by atoms with Gasteiger partial charge in [-0.05, 0) is 24.3 Å². The van der Waals surface area contributed by atoms with Crippen molar-refractivity contribution in [2.75, 3.05) is 0 Å². The Bertz CT molecular complexity index is 366. The summed E-state index contributed by atoms with van der Waals surface area (Å²) in [6, 6.07) is 11.2. The number of carboxylic acid groups (broad SMARTS) is 1.